The van der Waals surface area contributed by atoms with Gasteiger partial charge in [-0.1, -0.05) is 0 Å². The summed E-state index contributed by atoms with van der Waals surface area (Å²) in [6, 6.07) is -0.651. The monoisotopic (exact) mass is 163 g/mol. The maximum atomic E-state index is 10.8. The molecule has 0 aromatic carbocycles. The highest BCUT2D eigenvalue weighted by Crippen LogP contribution is 2.23. The van der Waals surface area contributed by atoms with Crippen molar-refractivity contribution in [3.8, 4) is 0 Å². The van der Waals surface area contributed by atoms with Crippen LogP contribution in [0.1, 0.15) is 12.8 Å². The quantitative estimate of drug-likeness (QED) is 0.480. The SMILES string of the molecule is N[C@@H](CCl)C(=O)OC1CC1. The lowest BCUT2D eigenvalue weighted by Crippen LogP contribution is -2.34. The standard InChI is InChI=1S/C6H10ClNO2/c7-3-5(8)6(9)10-4-1-2-4/h4-5H,1-3,8H2/t5-/m0/s1. The third kappa shape index (κ3) is 2.15. The van der Waals surface area contributed by atoms with Gasteiger partial charge in [0.15, 0.2) is 0 Å². The van der Waals surface area contributed by atoms with Crippen molar-refractivity contribution < 1.29 is 9.53 Å². The number of ether oxygens (including phenoxy) is 1. The maximum Gasteiger partial charge on any atom is 0.324 e. The molecule has 0 radical (unpaired) electrons. The van der Waals surface area contributed by atoms with E-state index in [9.17, 15) is 4.79 Å². The smallest absolute Gasteiger partial charge is 0.324 e. The number of rotatable bonds is 3. The molecule has 1 atom stereocenters. The van der Waals surface area contributed by atoms with Gasteiger partial charge in [0.1, 0.15) is 12.1 Å². The molecule has 1 aliphatic rings. The van der Waals surface area contributed by atoms with Crippen molar-refractivity contribution in [3.05, 3.63) is 0 Å². The molecule has 0 saturated heterocycles. The fourth-order valence-electron chi connectivity index (χ4n) is 0.501. The van der Waals surface area contributed by atoms with Crippen LogP contribution in [-0.2, 0) is 9.53 Å². The molecule has 0 bridgehead atoms. The van der Waals surface area contributed by atoms with Gasteiger partial charge >= 0.3 is 5.97 Å². The average Bonchev–Trinajstić information content (AvgIpc) is 2.70. The lowest BCUT2D eigenvalue weighted by Gasteiger charge is -2.06. The molecule has 0 amide bonds. The molecular formula is C6H10ClNO2. The largest absolute Gasteiger partial charge is 0.461 e. The van der Waals surface area contributed by atoms with Crippen molar-refractivity contribution in [2.75, 3.05) is 5.88 Å². The summed E-state index contributed by atoms with van der Waals surface area (Å²) in [5.41, 5.74) is 5.29. The van der Waals surface area contributed by atoms with Crippen LogP contribution in [0, 0.1) is 0 Å². The van der Waals surface area contributed by atoms with E-state index in [4.69, 9.17) is 22.1 Å². The van der Waals surface area contributed by atoms with Crippen molar-refractivity contribution in [3.63, 3.8) is 0 Å². The predicted octanol–water partition coefficient (Wildman–Crippen LogP) is 0.258. The predicted molar refractivity (Wildman–Crippen MR) is 37.8 cm³/mol. The number of carbonyl (C=O) groups excluding carboxylic acids is 1. The Hall–Kier alpha value is -0.280. The summed E-state index contributed by atoms with van der Waals surface area (Å²) in [4.78, 5) is 10.8. The molecule has 1 fully saturated rings. The number of nitrogens with two attached hydrogens (primary N) is 1. The van der Waals surface area contributed by atoms with E-state index in [1.807, 2.05) is 0 Å². The molecule has 0 spiro atoms. The molecule has 1 saturated carbocycles. The van der Waals surface area contributed by atoms with Gasteiger partial charge < -0.3 is 10.5 Å². The van der Waals surface area contributed by atoms with Crippen molar-refractivity contribution in [2.45, 2.75) is 25.0 Å². The second kappa shape index (κ2) is 3.21. The minimum Gasteiger partial charge on any atom is -0.461 e. The van der Waals surface area contributed by atoms with Crippen molar-refractivity contribution in [2.24, 2.45) is 5.73 Å². The van der Waals surface area contributed by atoms with Gasteiger partial charge in [0.05, 0.1) is 0 Å². The molecule has 4 heteroatoms. The fraction of sp³-hybridized carbons (Fsp3) is 0.833. The molecule has 0 aliphatic heterocycles. The van der Waals surface area contributed by atoms with Gasteiger partial charge in [-0.25, -0.2) is 0 Å². The van der Waals surface area contributed by atoms with Crippen molar-refractivity contribution in [1.82, 2.24) is 0 Å². The van der Waals surface area contributed by atoms with Crippen LogP contribution in [0.25, 0.3) is 0 Å². The summed E-state index contributed by atoms with van der Waals surface area (Å²) in [6.45, 7) is 0. The Balaban J connectivity index is 2.18. The number of hydrogen-bond donors (Lipinski definition) is 1. The third-order valence-electron chi connectivity index (χ3n) is 1.28. The fourth-order valence-corrected chi connectivity index (χ4v) is 0.627. The van der Waals surface area contributed by atoms with E-state index in [1.165, 1.54) is 0 Å². The highest BCUT2D eigenvalue weighted by molar-refractivity contribution is 6.19. The summed E-state index contributed by atoms with van der Waals surface area (Å²) in [6.07, 6.45) is 2.07. The zero-order valence-electron chi connectivity index (χ0n) is 5.55. The molecule has 0 unspecified atom stereocenters. The van der Waals surface area contributed by atoms with E-state index in [2.05, 4.69) is 0 Å². The third-order valence-corrected chi connectivity index (χ3v) is 1.61. The van der Waals surface area contributed by atoms with Crippen LogP contribution in [0.4, 0.5) is 0 Å². The van der Waals surface area contributed by atoms with E-state index in [0.29, 0.717) is 0 Å². The molecule has 3 nitrogen and oxygen atoms in total. The van der Waals surface area contributed by atoms with Gasteiger partial charge in [-0.2, -0.15) is 0 Å². The van der Waals surface area contributed by atoms with Gasteiger partial charge in [0.2, 0.25) is 0 Å². The molecule has 58 valence electrons. The van der Waals surface area contributed by atoms with Crippen LogP contribution in [0.3, 0.4) is 0 Å². The van der Waals surface area contributed by atoms with Crippen LogP contribution in [0.2, 0.25) is 0 Å². The average molecular weight is 164 g/mol. The first-order valence-corrected chi connectivity index (χ1v) is 3.79. The number of esters is 1. The van der Waals surface area contributed by atoms with E-state index >= 15 is 0 Å². The number of carbonyl (C=O) groups is 1. The molecule has 2 N–H and O–H groups in total. The lowest BCUT2D eigenvalue weighted by atomic mass is 10.4. The zero-order chi connectivity index (χ0) is 7.56. The topological polar surface area (TPSA) is 52.3 Å². The Morgan fingerprint density at radius 1 is 1.80 bits per heavy atom. The zero-order valence-corrected chi connectivity index (χ0v) is 6.30. The summed E-state index contributed by atoms with van der Waals surface area (Å²) >= 11 is 5.32. The molecule has 0 heterocycles. The number of alkyl halides is 1. The molecule has 1 rings (SSSR count). The van der Waals surface area contributed by atoms with Gasteiger partial charge in [-0.15, -0.1) is 11.6 Å². The molecule has 0 aromatic rings. The number of hydrogen-bond acceptors (Lipinski definition) is 3. The lowest BCUT2D eigenvalue weighted by molar-refractivity contribution is -0.145. The highest BCUT2D eigenvalue weighted by atomic mass is 35.5. The minimum absolute atomic E-state index is 0.127. The first kappa shape index (κ1) is 7.82. The maximum absolute atomic E-state index is 10.8. The van der Waals surface area contributed by atoms with Crippen LogP contribution >= 0.6 is 11.6 Å². The Morgan fingerprint density at radius 3 is 2.80 bits per heavy atom. The molecule has 10 heavy (non-hydrogen) atoms. The van der Waals surface area contributed by atoms with Crippen LogP contribution in [0.15, 0.2) is 0 Å². The normalized spacial score (nSPS) is 20.2. The van der Waals surface area contributed by atoms with Gasteiger partial charge in [0, 0.05) is 5.88 Å². The van der Waals surface area contributed by atoms with Gasteiger partial charge in [-0.05, 0) is 12.8 Å². The summed E-state index contributed by atoms with van der Waals surface area (Å²) in [7, 11) is 0. The Morgan fingerprint density at radius 2 is 2.40 bits per heavy atom. The Bertz CT molecular complexity index is 136. The summed E-state index contributed by atoms with van der Waals surface area (Å²) in [5, 5.41) is 0. The van der Waals surface area contributed by atoms with Crippen LogP contribution in [0.5, 0.6) is 0 Å². The highest BCUT2D eigenvalue weighted by Gasteiger charge is 2.27. The number of halogens is 1. The minimum atomic E-state index is -0.651. The Labute approximate surface area is 64.5 Å². The van der Waals surface area contributed by atoms with E-state index in [-0.39, 0.29) is 18.0 Å². The van der Waals surface area contributed by atoms with Crippen LogP contribution < -0.4 is 5.73 Å². The van der Waals surface area contributed by atoms with Crippen molar-refractivity contribution >= 4 is 17.6 Å². The van der Waals surface area contributed by atoms with E-state index in [1.54, 1.807) is 0 Å². The molecular weight excluding hydrogens is 154 g/mol. The first-order valence-electron chi connectivity index (χ1n) is 3.26. The van der Waals surface area contributed by atoms with Gasteiger partial charge in [-0.3, -0.25) is 4.79 Å². The second-order valence-electron chi connectivity index (χ2n) is 2.40. The summed E-state index contributed by atoms with van der Waals surface area (Å²) < 4.78 is 4.87. The molecule has 1 aliphatic carbocycles. The van der Waals surface area contributed by atoms with Gasteiger partial charge in [0.25, 0.3) is 0 Å². The first-order chi connectivity index (χ1) is 4.74. The second-order valence-corrected chi connectivity index (χ2v) is 2.71. The summed E-state index contributed by atoms with van der Waals surface area (Å²) in [5.74, 6) is -0.247. The van der Waals surface area contributed by atoms with Crippen molar-refractivity contribution in [1.29, 1.82) is 0 Å². The van der Waals surface area contributed by atoms with Crippen LogP contribution in [-0.4, -0.2) is 24.0 Å². The molecule has 0 aromatic heterocycles. The van der Waals surface area contributed by atoms with E-state index < -0.39 is 6.04 Å². The Kier molecular flexibility index (Phi) is 2.51. The van der Waals surface area contributed by atoms with E-state index in [0.717, 1.165) is 12.8 Å².